The van der Waals surface area contributed by atoms with Crippen LogP contribution in [0, 0.1) is 5.92 Å². The standard InChI is InChI=1S/C28H29N9O2/c1-16-12-22(27(38)32-18-6-4-17-5-7-23(33-21(17)13-18)36-9-3-10-36)39-28(16)37-14-19(20-8-11-35(2)34-20)24-25(29)30-15-31-26(24)37/h4-8,11,13-16,22,28H,3,9-10,12H2,1-2H3,(H,32,38)(H2,29,30,31). The van der Waals surface area contributed by atoms with Crippen molar-refractivity contribution in [3.63, 3.8) is 0 Å². The molecule has 0 saturated carbocycles. The minimum absolute atomic E-state index is 0.0569. The lowest BCUT2D eigenvalue weighted by Gasteiger charge is -2.32. The number of nitrogens with two attached hydrogens (primary N) is 1. The van der Waals surface area contributed by atoms with Crippen molar-refractivity contribution in [2.45, 2.75) is 32.1 Å². The minimum atomic E-state index is -0.615. The van der Waals surface area contributed by atoms with Crippen molar-refractivity contribution >= 4 is 45.2 Å². The number of hydrogen-bond donors (Lipinski definition) is 2. The van der Waals surface area contributed by atoms with Gasteiger partial charge in [0, 0.05) is 55.1 Å². The predicted molar refractivity (Wildman–Crippen MR) is 149 cm³/mol. The number of amides is 1. The van der Waals surface area contributed by atoms with Gasteiger partial charge in [-0.25, -0.2) is 15.0 Å². The maximum atomic E-state index is 13.3. The Morgan fingerprint density at radius 1 is 1.15 bits per heavy atom. The maximum Gasteiger partial charge on any atom is 0.253 e. The Hall–Kier alpha value is -4.51. The molecule has 1 aromatic carbocycles. The Morgan fingerprint density at radius 3 is 2.77 bits per heavy atom. The molecule has 5 aromatic rings. The highest BCUT2D eigenvalue weighted by molar-refractivity contribution is 6.00. The Labute approximate surface area is 224 Å². The lowest BCUT2D eigenvalue weighted by atomic mass is 10.1. The molecule has 0 spiro atoms. The van der Waals surface area contributed by atoms with E-state index in [2.05, 4.69) is 44.3 Å². The number of rotatable bonds is 5. The number of carbonyl (C=O) groups is 1. The van der Waals surface area contributed by atoms with E-state index < -0.39 is 12.3 Å². The highest BCUT2D eigenvalue weighted by Crippen LogP contribution is 2.40. The molecule has 2 fully saturated rings. The van der Waals surface area contributed by atoms with Gasteiger partial charge in [0.05, 0.1) is 16.6 Å². The number of nitrogen functional groups attached to an aromatic ring is 1. The highest BCUT2D eigenvalue weighted by Gasteiger charge is 2.39. The number of aromatic nitrogens is 6. The molecular weight excluding hydrogens is 494 g/mol. The van der Waals surface area contributed by atoms with Crippen LogP contribution in [0.1, 0.15) is 26.0 Å². The fraction of sp³-hybridized carbons (Fsp3) is 0.321. The van der Waals surface area contributed by atoms with E-state index in [1.165, 1.54) is 12.7 Å². The highest BCUT2D eigenvalue weighted by atomic mass is 16.5. The molecular formula is C28H29N9O2. The Bertz CT molecular complexity index is 1720. The van der Waals surface area contributed by atoms with Crippen molar-refractivity contribution in [2.24, 2.45) is 13.0 Å². The third kappa shape index (κ3) is 4.06. The van der Waals surface area contributed by atoms with Gasteiger partial charge in [-0.2, -0.15) is 5.10 Å². The van der Waals surface area contributed by atoms with Crippen LogP contribution in [0.3, 0.4) is 0 Å². The average molecular weight is 524 g/mol. The van der Waals surface area contributed by atoms with Gasteiger partial charge in [0.1, 0.15) is 35.9 Å². The normalized spacial score (nSPS) is 21.0. The lowest BCUT2D eigenvalue weighted by molar-refractivity contribution is -0.128. The zero-order chi connectivity index (χ0) is 26.7. The van der Waals surface area contributed by atoms with Crippen molar-refractivity contribution in [1.29, 1.82) is 0 Å². The summed E-state index contributed by atoms with van der Waals surface area (Å²) >= 11 is 0. The van der Waals surface area contributed by atoms with Crippen LogP contribution in [-0.4, -0.2) is 54.4 Å². The summed E-state index contributed by atoms with van der Waals surface area (Å²) in [6, 6.07) is 11.9. The molecule has 2 aliphatic rings. The third-order valence-corrected chi connectivity index (χ3v) is 7.70. The molecule has 0 radical (unpaired) electrons. The van der Waals surface area contributed by atoms with Gasteiger partial charge >= 0.3 is 0 Å². The van der Waals surface area contributed by atoms with Crippen molar-refractivity contribution in [1.82, 2.24) is 29.3 Å². The van der Waals surface area contributed by atoms with Crippen molar-refractivity contribution in [3.05, 3.63) is 55.1 Å². The summed E-state index contributed by atoms with van der Waals surface area (Å²) in [5.74, 6) is 1.22. The fourth-order valence-corrected chi connectivity index (χ4v) is 5.50. The number of benzene rings is 1. The van der Waals surface area contributed by atoms with Crippen molar-refractivity contribution in [3.8, 4) is 11.3 Å². The number of carbonyl (C=O) groups excluding carboxylic acids is 1. The first-order valence-electron chi connectivity index (χ1n) is 13.2. The molecule has 11 nitrogen and oxygen atoms in total. The Morgan fingerprint density at radius 2 is 2.00 bits per heavy atom. The van der Waals surface area contributed by atoms with Gasteiger partial charge in [-0.3, -0.25) is 9.48 Å². The molecule has 4 aromatic heterocycles. The first kappa shape index (κ1) is 23.6. The topological polar surface area (TPSA) is 129 Å². The summed E-state index contributed by atoms with van der Waals surface area (Å²) in [5.41, 5.74) is 10.1. The summed E-state index contributed by atoms with van der Waals surface area (Å²) in [6.07, 6.45) is 6.02. The number of hydrogen-bond acceptors (Lipinski definition) is 8. The lowest BCUT2D eigenvalue weighted by Crippen LogP contribution is -2.37. The third-order valence-electron chi connectivity index (χ3n) is 7.70. The van der Waals surface area contributed by atoms with Crippen LogP contribution in [0.2, 0.25) is 0 Å². The van der Waals surface area contributed by atoms with Crippen LogP contribution in [-0.2, 0) is 16.6 Å². The van der Waals surface area contributed by atoms with E-state index in [0.29, 0.717) is 23.6 Å². The molecule has 1 amide bonds. The number of nitrogens with zero attached hydrogens (tertiary/aromatic N) is 7. The first-order chi connectivity index (χ1) is 18.9. The molecule has 198 valence electrons. The molecule has 6 heterocycles. The number of aryl methyl sites for hydroxylation is 1. The van der Waals surface area contributed by atoms with Crippen LogP contribution >= 0.6 is 0 Å². The van der Waals surface area contributed by atoms with Gasteiger partial charge in [-0.05, 0) is 43.2 Å². The SMILES string of the molecule is CC1CC(C(=O)Nc2ccc3ccc(N4CCC4)nc3c2)OC1n1cc(-c2ccn(C)n2)c2c(N)ncnc21. The molecule has 3 atom stereocenters. The molecule has 11 heteroatoms. The average Bonchev–Trinajstić information content (AvgIpc) is 3.60. The van der Waals surface area contributed by atoms with E-state index in [1.54, 1.807) is 4.68 Å². The van der Waals surface area contributed by atoms with Gasteiger partial charge in [0.2, 0.25) is 0 Å². The van der Waals surface area contributed by atoms with E-state index in [4.69, 9.17) is 15.5 Å². The number of fused-ring (bicyclic) bond motifs is 2. The van der Waals surface area contributed by atoms with Crippen LogP contribution in [0.25, 0.3) is 33.2 Å². The zero-order valence-electron chi connectivity index (χ0n) is 21.8. The van der Waals surface area contributed by atoms with Gasteiger partial charge in [-0.15, -0.1) is 0 Å². The molecule has 39 heavy (non-hydrogen) atoms. The van der Waals surface area contributed by atoms with Crippen LogP contribution < -0.4 is 16.0 Å². The van der Waals surface area contributed by atoms with Gasteiger partial charge in [0.25, 0.3) is 5.91 Å². The molecule has 2 saturated heterocycles. The Balaban J connectivity index is 1.14. The van der Waals surface area contributed by atoms with E-state index in [0.717, 1.165) is 46.5 Å². The predicted octanol–water partition coefficient (Wildman–Crippen LogP) is 3.73. The van der Waals surface area contributed by atoms with E-state index in [9.17, 15) is 4.79 Å². The largest absolute Gasteiger partial charge is 0.383 e. The number of pyridine rings is 1. The minimum Gasteiger partial charge on any atom is -0.383 e. The summed E-state index contributed by atoms with van der Waals surface area (Å²) in [6.45, 7) is 4.14. The van der Waals surface area contributed by atoms with Crippen LogP contribution in [0.15, 0.2) is 55.1 Å². The number of ether oxygens (including phenoxy) is 1. The van der Waals surface area contributed by atoms with E-state index in [-0.39, 0.29) is 11.8 Å². The fourth-order valence-electron chi connectivity index (χ4n) is 5.50. The second kappa shape index (κ2) is 9.05. The van der Waals surface area contributed by atoms with Crippen LogP contribution in [0.4, 0.5) is 17.3 Å². The second-order valence-corrected chi connectivity index (χ2v) is 10.4. The van der Waals surface area contributed by atoms with Gasteiger partial charge < -0.3 is 25.3 Å². The smallest absolute Gasteiger partial charge is 0.253 e. The quantitative estimate of drug-likeness (QED) is 0.357. The maximum absolute atomic E-state index is 13.3. The summed E-state index contributed by atoms with van der Waals surface area (Å²) in [4.78, 5) is 29.1. The monoisotopic (exact) mass is 523 g/mol. The molecule has 7 rings (SSSR count). The number of nitrogens with one attached hydrogen (secondary N) is 1. The van der Waals surface area contributed by atoms with E-state index in [1.807, 2.05) is 48.3 Å². The molecule has 0 bridgehead atoms. The molecule has 3 unspecified atom stereocenters. The summed E-state index contributed by atoms with van der Waals surface area (Å²) in [5, 5.41) is 9.34. The molecule has 2 aliphatic heterocycles. The zero-order valence-corrected chi connectivity index (χ0v) is 21.8. The van der Waals surface area contributed by atoms with Crippen molar-refractivity contribution in [2.75, 3.05) is 29.0 Å². The second-order valence-electron chi connectivity index (χ2n) is 10.4. The summed E-state index contributed by atoms with van der Waals surface area (Å²) in [7, 11) is 1.87. The Kier molecular flexibility index (Phi) is 5.48. The first-order valence-corrected chi connectivity index (χ1v) is 13.2. The van der Waals surface area contributed by atoms with Gasteiger partial charge in [0.15, 0.2) is 0 Å². The molecule has 0 aliphatic carbocycles. The van der Waals surface area contributed by atoms with Crippen LogP contribution in [0.5, 0.6) is 0 Å². The van der Waals surface area contributed by atoms with Gasteiger partial charge in [-0.1, -0.05) is 13.0 Å². The summed E-state index contributed by atoms with van der Waals surface area (Å²) < 4.78 is 10.0. The number of anilines is 3. The van der Waals surface area contributed by atoms with E-state index >= 15 is 0 Å². The van der Waals surface area contributed by atoms with Crippen molar-refractivity contribution < 1.29 is 9.53 Å². The molecule has 3 N–H and O–H groups in total.